The molecule has 2 fully saturated rings. The topological polar surface area (TPSA) is 41.1 Å². The lowest BCUT2D eigenvalue weighted by atomic mass is 9.84. The fraction of sp³-hybridized carbons (Fsp3) is 0.917. The van der Waals surface area contributed by atoms with Crippen molar-refractivity contribution in [3.05, 3.63) is 0 Å². The molecule has 1 saturated heterocycles. The first-order chi connectivity index (χ1) is 7.79. The minimum absolute atomic E-state index is 0. The number of thioether (sulfide) groups is 1. The van der Waals surface area contributed by atoms with Crippen molar-refractivity contribution >= 4 is 30.1 Å². The van der Waals surface area contributed by atoms with Crippen LogP contribution >= 0.6 is 24.2 Å². The van der Waals surface area contributed by atoms with Gasteiger partial charge in [0.05, 0.1) is 6.04 Å². The van der Waals surface area contributed by atoms with Gasteiger partial charge in [-0.1, -0.05) is 26.2 Å². The van der Waals surface area contributed by atoms with Crippen LogP contribution in [-0.4, -0.2) is 29.6 Å². The summed E-state index contributed by atoms with van der Waals surface area (Å²) >= 11 is 1.81. The third kappa shape index (κ3) is 4.34. The first-order valence-corrected chi connectivity index (χ1v) is 7.56. The second kappa shape index (κ2) is 7.49. The molecule has 3 unspecified atom stereocenters. The van der Waals surface area contributed by atoms with Gasteiger partial charge in [-0.05, 0) is 18.8 Å². The molecule has 0 aromatic carbocycles. The molecule has 2 N–H and O–H groups in total. The number of carbonyl (C=O) groups is 1. The molecule has 0 bridgehead atoms. The maximum atomic E-state index is 11.9. The summed E-state index contributed by atoms with van der Waals surface area (Å²) in [5.41, 5.74) is 0. The van der Waals surface area contributed by atoms with E-state index in [9.17, 15) is 4.79 Å². The van der Waals surface area contributed by atoms with Crippen molar-refractivity contribution in [3.8, 4) is 0 Å². The van der Waals surface area contributed by atoms with Crippen LogP contribution in [0.3, 0.4) is 0 Å². The van der Waals surface area contributed by atoms with Gasteiger partial charge < -0.3 is 5.32 Å². The lowest BCUT2D eigenvalue weighted by molar-refractivity contribution is -0.123. The van der Waals surface area contributed by atoms with Crippen LogP contribution in [-0.2, 0) is 4.79 Å². The molecule has 1 saturated carbocycles. The van der Waals surface area contributed by atoms with Crippen molar-refractivity contribution in [1.82, 2.24) is 10.6 Å². The average molecular weight is 279 g/mol. The second-order valence-corrected chi connectivity index (χ2v) is 5.95. The highest BCUT2D eigenvalue weighted by Gasteiger charge is 2.27. The van der Waals surface area contributed by atoms with E-state index in [0.717, 1.165) is 17.5 Å². The lowest BCUT2D eigenvalue weighted by Gasteiger charge is -2.29. The second-order valence-electron chi connectivity index (χ2n) is 4.92. The number of halogens is 1. The number of hydrogen-bond acceptors (Lipinski definition) is 3. The van der Waals surface area contributed by atoms with Gasteiger partial charge in [-0.2, -0.15) is 0 Å². The van der Waals surface area contributed by atoms with Crippen molar-refractivity contribution < 1.29 is 4.79 Å². The summed E-state index contributed by atoms with van der Waals surface area (Å²) < 4.78 is 0. The summed E-state index contributed by atoms with van der Waals surface area (Å²) in [6.45, 7) is 2.25. The van der Waals surface area contributed by atoms with E-state index < -0.39 is 0 Å². The minimum Gasteiger partial charge on any atom is -0.352 e. The van der Waals surface area contributed by atoms with Crippen molar-refractivity contribution in [2.24, 2.45) is 5.92 Å². The van der Waals surface area contributed by atoms with E-state index in [4.69, 9.17) is 0 Å². The van der Waals surface area contributed by atoms with Crippen LogP contribution in [0.15, 0.2) is 0 Å². The van der Waals surface area contributed by atoms with Gasteiger partial charge in [0.15, 0.2) is 0 Å². The third-order valence-corrected chi connectivity index (χ3v) is 4.68. The van der Waals surface area contributed by atoms with Crippen LogP contribution in [0.25, 0.3) is 0 Å². The Morgan fingerprint density at radius 3 is 2.94 bits per heavy atom. The predicted octanol–water partition coefficient (Wildman–Crippen LogP) is 2.16. The van der Waals surface area contributed by atoms with E-state index in [1.165, 1.54) is 32.1 Å². The largest absolute Gasteiger partial charge is 0.352 e. The monoisotopic (exact) mass is 278 g/mol. The highest BCUT2D eigenvalue weighted by molar-refractivity contribution is 7.99. The average Bonchev–Trinajstić information content (AvgIpc) is 2.83. The van der Waals surface area contributed by atoms with E-state index in [-0.39, 0.29) is 24.4 Å². The van der Waals surface area contributed by atoms with Crippen LogP contribution in [0.1, 0.15) is 39.0 Å². The van der Waals surface area contributed by atoms with Gasteiger partial charge in [-0.3, -0.25) is 10.1 Å². The Balaban J connectivity index is 0.00000144. The fourth-order valence-electron chi connectivity index (χ4n) is 2.66. The number of amides is 1. The predicted molar refractivity (Wildman–Crippen MR) is 75.7 cm³/mol. The molecule has 1 heterocycles. The van der Waals surface area contributed by atoms with E-state index in [0.29, 0.717) is 6.04 Å². The Labute approximate surface area is 114 Å². The Hall–Kier alpha value is 0.0700. The van der Waals surface area contributed by atoms with Crippen molar-refractivity contribution in [3.63, 3.8) is 0 Å². The molecule has 17 heavy (non-hydrogen) atoms. The van der Waals surface area contributed by atoms with Gasteiger partial charge >= 0.3 is 0 Å². The molecule has 0 spiro atoms. The molecule has 3 nitrogen and oxygen atoms in total. The SMILES string of the molecule is CCC1CCCC(NC(=O)C2CSCN2)C1.Cl. The molecule has 1 aliphatic carbocycles. The Morgan fingerprint density at radius 2 is 2.29 bits per heavy atom. The minimum atomic E-state index is 0. The quantitative estimate of drug-likeness (QED) is 0.831. The molecule has 3 atom stereocenters. The summed E-state index contributed by atoms with van der Waals surface area (Å²) in [6.07, 6.45) is 6.23. The number of rotatable bonds is 3. The zero-order valence-corrected chi connectivity index (χ0v) is 12.0. The Morgan fingerprint density at radius 1 is 1.47 bits per heavy atom. The van der Waals surface area contributed by atoms with Gasteiger partial charge in [0, 0.05) is 17.7 Å². The number of hydrogen-bond donors (Lipinski definition) is 2. The van der Waals surface area contributed by atoms with Gasteiger partial charge in [0.25, 0.3) is 0 Å². The van der Waals surface area contributed by atoms with Gasteiger partial charge in [-0.15, -0.1) is 24.2 Å². The van der Waals surface area contributed by atoms with Gasteiger partial charge in [0.1, 0.15) is 0 Å². The van der Waals surface area contributed by atoms with Gasteiger partial charge in [-0.25, -0.2) is 0 Å². The maximum absolute atomic E-state index is 11.9. The molecule has 2 aliphatic rings. The molecule has 0 aromatic heterocycles. The summed E-state index contributed by atoms with van der Waals surface area (Å²) in [5, 5.41) is 6.43. The van der Waals surface area contributed by atoms with Crippen LogP contribution < -0.4 is 10.6 Å². The molecule has 100 valence electrons. The summed E-state index contributed by atoms with van der Waals surface area (Å²) in [7, 11) is 0. The highest BCUT2D eigenvalue weighted by Crippen LogP contribution is 2.26. The molecule has 2 rings (SSSR count). The zero-order valence-electron chi connectivity index (χ0n) is 10.4. The van der Waals surface area contributed by atoms with E-state index in [1.54, 1.807) is 11.8 Å². The fourth-order valence-corrected chi connectivity index (χ4v) is 3.60. The number of nitrogens with one attached hydrogen (secondary N) is 2. The molecule has 1 amide bonds. The van der Waals surface area contributed by atoms with E-state index in [2.05, 4.69) is 17.6 Å². The standard InChI is InChI=1S/C12H22N2OS.ClH/c1-2-9-4-3-5-10(6-9)14-12(15)11-7-16-8-13-11;/h9-11,13H,2-8H2,1H3,(H,14,15);1H. The van der Waals surface area contributed by atoms with Crippen molar-refractivity contribution in [2.45, 2.75) is 51.1 Å². The summed E-state index contributed by atoms with van der Waals surface area (Å²) in [6, 6.07) is 0.477. The normalized spacial score (nSPS) is 32.9. The first kappa shape index (κ1) is 15.1. The van der Waals surface area contributed by atoms with Crippen LogP contribution in [0, 0.1) is 5.92 Å². The van der Waals surface area contributed by atoms with E-state index >= 15 is 0 Å². The smallest absolute Gasteiger partial charge is 0.238 e. The molecular formula is C12H23ClN2OS. The zero-order chi connectivity index (χ0) is 11.4. The molecular weight excluding hydrogens is 256 g/mol. The molecule has 5 heteroatoms. The van der Waals surface area contributed by atoms with Crippen LogP contribution in [0.4, 0.5) is 0 Å². The van der Waals surface area contributed by atoms with Crippen LogP contribution in [0.2, 0.25) is 0 Å². The molecule has 1 aliphatic heterocycles. The summed E-state index contributed by atoms with van der Waals surface area (Å²) in [4.78, 5) is 11.9. The Bertz CT molecular complexity index is 247. The first-order valence-electron chi connectivity index (χ1n) is 6.41. The van der Waals surface area contributed by atoms with Crippen molar-refractivity contribution in [2.75, 3.05) is 11.6 Å². The van der Waals surface area contributed by atoms with Crippen LogP contribution in [0.5, 0.6) is 0 Å². The molecule has 0 aromatic rings. The number of carbonyl (C=O) groups excluding carboxylic acids is 1. The van der Waals surface area contributed by atoms with E-state index in [1.807, 2.05) is 0 Å². The Kier molecular flexibility index (Phi) is 6.67. The van der Waals surface area contributed by atoms with Crippen molar-refractivity contribution in [1.29, 1.82) is 0 Å². The summed E-state index contributed by atoms with van der Waals surface area (Å²) in [5.74, 6) is 2.88. The molecule has 0 radical (unpaired) electrons. The van der Waals surface area contributed by atoms with Gasteiger partial charge in [0.2, 0.25) is 5.91 Å². The lowest BCUT2D eigenvalue weighted by Crippen LogP contribution is -2.47. The maximum Gasteiger partial charge on any atom is 0.238 e. The highest BCUT2D eigenvalue weighted by atomic mass is 35.5. The third-order valence-electron chi connectivity index (χ3n) is 3.74.